The summed E-state index contributed by atoms with van der Waals surface area (Å²) in [6.07, 6.45) is 3.63. The van der Waals surface area contributed by atoms with Gasteiger partial charge in [0.1, 0.15) is 29.4 Å². The lowest BCUT2D eigenvalue weighted by molar-refractivity contribution is 0.0822. The van der Waals surface area contributed by atoms with Crippen molar-refractivity contribution in [2.75, 3.05) is 31.8 Å². The van der Waals surface area contributed by atoms with E-state index in [9.17, 15) is 4.79 Å². The molecule has 9 nitrogen and oxygen atoms in total. The fraction of sp³-hybridized carbons (Fsp3) is 0.370. The van der Waals surface area contributed by atoms with Gasteiger partial charge in [-0.15, -0.1) is 0 Å². The number of benzene rings is 1. The van der Waals surface area contributed by atoms with Crippen LogP contribution in [0.5, 0.6) is 5.75 Å². The van der Waals surface area contributed by atoms with Gasteiger partial charge in [-0.05, 0) is 51.3 Å². The van der Waals surface area contributed by atoms with Crippen LogP contribution in [0.3, 0.4) is 0 Å². The topological polar surface area (TPSA) is 130 Å². The monoisotopic (exact) mass is 489 g/mol. The molecule has 0 spiro atoms. The van der Waals surface area contributed by atoms with Crippen LogP contribution in [0.15, 0.2) is 30.7 Å². The summed E-state index contributed by atoms with van der Waals surface area (Å²) in [6, 6.07) is 5.53. The first kappa shape index (κ1) is 26.6. The zero-order chi connectivity index (χ0) is 26.6. The van der Waals surface area contributed by atoms with Crippen LogP contribution in [0.25, 0.3) is 11.1 Å². The minimum Gasteiger partial charge on any atom is -0.493 e. The van der Waals surface area contributed by atoms with Crippen LogP contribution in [0.2, 0.25) is 0 Å². The molecular weight excluding hydrogens is 454 g/mol. The van der Waals surface area contributed by atoms with Crippen LogP contribution >= 0.6 is 0 Å². The first-order valence-corrected chi connectivity index (χ1v) is 12.0. The van der Waals surface area contributed by atoms with E-state index in [4.69, 9.17) is 15.9 Å². The van der Waals surface area contributed by atoms with E-state index in [0.717, 1.165) is 33.6 Å². The SMILES string of the molecule is CCOc1c(C(C)Nc2ncnc(N)c2C(=N)CC)cc(C)c(C)c1-c1ccc(C(=O)N(C)C)nc1. The molecule has 4 N–H and O–H groups in total. The van der Waals surface area contributed by atoms with E-state index >= 15 is 0 Å². The third-order valence-electron chi connectivity index (χ3n) is 6.15. The largest absolute Gasteiger partial charge is 0.493 e. The second-order valence-electron chi connectivity index (χ2n) is 8.86. The number of hydrogen-bond donors (Lipinski definition) is 3. The molecule has 1 atom stereocenters. The summed E-state index contributed by atoms with van der Waals surface area (Å²) >= 11 is 0. The molecule has 0 saturated heterocycles. The van der Waals surface area contributed by atoms with Gasteiger partial charge in [-0.2, -0.15) is 0 Å². The van der Waals surface area contributed by atoms with Gasteiger partial charge in [0.25, 0.3) is 5.91 Å². The molecular formula is C27H35N7O2. The molecule has 0 bridgehead atoms. The van der Waals surface area contributed by atoms with E-state index < -0.39 is 0 Å². The lowest BCUT2D eigenvalue weighted by Crippen LogP contribution is -2.22. The van der Waals surface area contributed by atoms with Gasteiger partial charge in [0.15, 0.2) is 0 Å². The van der Waals surface area contributed by atoms with E-state index in [0.29, 0.717) is 35.8 Å². The normalized spacial score (nSPS) is 11.6. The number of nitrogen functional groups attached to an aromatic ring is 1. The van der Waals surface area contributed by atoms with Crippen molar-refractivity contribution in [2.24, 2.45) is 0 Å². The molecule has 0 radical (unpaired) electrons. The Hall–Kier alpha value is -4.01. The molecule has 3 aromatic rings. The van der Waals surface area contributed by atoms with Crippen molar-refractivity contribution < 1.29 is 9.53 Å². The number of aryl methyl sites for hydroxylation is 1. The third-order valence-corrected chi connectivity index (χ3v) is 6.15. The number of carbonyl (C=O) groups is 1. The molecule has 0 aliphatic carbocycles. The number of anilines is 2. The van der Waals surface area contributed by atoms with E-state index in [1.54, 1.807) is 26.4 Å². The minimum atomic E-state index is -0.218. The highest BCUT2D eigenvalue weighted by atomic mass is 16.5. The number of carbonyl (C=O) groups excluding carboxylic acids is 1. The van der Waals surface area contributed by atoms with Gasteiger partial charge in [0, 0.05) is 42.7 Å². The van der Waals surface area contributed by atoms with Crippen molar-refractivity contribution in [1.29, 1.82) is 5.41 Å². The van der Waals surface area contributed by atoms with Crippen molar-refractivity contribution in [3.05, 3.63) is 58.7 Å². The van der Waals surface area contributed by atoms with E-state index in [2.05, 4.69) is 40.2 Å². The third kappa shape index (κ3) is 5.30. The van der Waals surface area contributed by atoms with Gasteiger partial charge in [0.2, 0.25) is 0 Å². The fourth-order valence-corrected chi connectivity index (χ4v) is 4.05. The number of pyridine rings is 1. The van der Waals surface area contributed by atoms with Crippen molar-refractivity contribution in [3.63, 3.8) is 0 Å². The lowest BCUT2D eigenvalue weighted by atomic mass is 9.91. The molecule has 3 rings (SSSR count). The Labute approximate surface area is 212 Å². The van der Waals surface area contributed by atoms with Crippen LogP contribution in [-0.2, 0) is 0 Å². The smallest absolute Gasteiger partial charge is 0.271 e. The molecule has 2 heterocycles. The first-order valence-electron chi connectivity index (χ1n) is 12.0. The van der Waals surface area contributed by atoms with Gasteiger partial charge < -0.3 is 26.1 Å². The average Bonchev–Trinajstić information content (AvgIpc) is 2.85. The highest BCUT2D eigenvalue weighted by molar-refractivity contribution is 6.05. The lowest BCUT2D eigenvalue weighted by Gasteiger charge is -2.25. The van der Waals surface area contributed by atoms with Crippen molar-refractivity contribution in [2.45, 2.75) is 47.1 Å². The van der Waals surface area contributed by atoms with Crippen LogP contribution < -0.4 is 15.8 Å². The van der Waals surface area contributed by atoms with Crippen molar-refractivity contribution in [3.8, 4) is 16.9 Å². The summed E-state index contributed by atoms with van der Waals surface area (Å²) in [5.41, 5.74) is 12.3. The molecule has 0 aliphatic heterocycles. The minimum absolute atomic E-state index is 0.149. The van der Waals surface area contributed by atoms with Crippen LogP contribution in [0.1, 0.15) is 66.0 Å². The van der Waals surface area contributed by atoms with E-state index in [1.165, 1.54) is 11.2 Å². The van der Waals surface area contributed by atoms with Gasteiger partial charge in [-0.1, -0.05) is 19.1 Å². The van der Waals surface area contributed by atoms with Gasteiger partial charge in [0.05, 0.1) is 18.2 Å². The molecule has 0 fully saturated rings. The second kappa shape index (κ2) is 11.2. The predicted octanol–water partition coefficient (Wildman–Crippen LogP) is 4.79. The number of amides is 1. The molecule has 1 aromatic carbocycles. The molecule has 9 heteroatoms. The van der Waals surface area contributed by atoms with Crippen LogP contribution in [-0.4, -0.2) is 52.2 Å². The number of nitrogens with zero attached hydrogens (tertiary/aromatic N) is 4. The second-order valence-corrected chi connectivity index (χ2v) is 8.86. The maximum atomic E-state index is 12.3. The standard InChI is InChI=1S/C27H35N7O2/c1-8-20(28)23-25(29)31-14-32-26(23)33-17(5)19-12-15(3)16(4)22(24(19)36-9-2)18-10-11-21(30-13-18)27(35)34(6)7/h10-14,17,28H,8-9H2,1-7H3,(H3,29,31,32,33). The van der Waals surface area contributed by atoms with Gasteiger partial charge in [-0.3, -0.25) is 9.78 Å². The number of ether oxygens (including phenoxy) is 1. The molecule has 1 amide bonds. The van der Waals surface area contributed by atoms with E-state index in [1.807, 2.05) is 26.8 Å². The van der Waals surface area contributed by atoms with Gasteiger partial charge >= 0.3 is 0 Å². The molecule has 1 unspecified atom stereocenters. The van der Waals surface area contributed by atoms with Gasteiger partial charge in [-0.25, -0.2) is 9.97 Å². The number of hydrogen-bond acceptors (Lipinski definition) is 8. The number of aromatic nitrogens is 3. The first-order chi connectivity index (χ1) is 17.1. The zero-order valence-electron chi connectivity index (χ0n) is 22.1. The summed E-state index contributed by atoms with van der Waals surface area (Å²) in [7, 11) is 3.41. The Morgan fingerprint density at radius 1 is 1.19 bits per heavy atom. The molecule has 0 aliphatic rings. The summed E-state index contributed by atoms with van der Waals surface area (Å²) < 4.78 is 6.21. The summed E-state index contributed by atoms with van der Waals surface area (Å²) in [4.78, 5) is 26.7. The Kier molecular flexibility index (Phi) is 8.24. The Bertz CT molecular complexity index is 1270. The summed E-state index contributed by atoms with van der Waals surface area (Å²) in [5.74, 6) is 1.37. The average molecular weight is 490 g/mol. The molecule has 190 valence electrons. The van der Waals surface area contributed by atoms with Crippen molar-refractivity contribution >= 4 is 23.3 Å². The van der Waals surface area contributed by atoms with Crippen LogP contribution in [0, 0.1) is 19.3 Å². The Morgan fingerprint density at radius 3 is 2.50 bits per heavy atom. The highest BCUT2D eigenvalue weighted by Crippen LogP contribution is 2.41. The Morgan fingerprint density at radius 2 is 1.92 bits per heavy atom. The van der Waals surface area contributed by atoms with Crippen LogP contribution in [0.4, 0.5) is 11.6 Å². The zero-order valence-corrected chi connectivity index (χ0v) is 22.1. The quantitative estimate of drug-likeness (QED) is 0.368. The van der Waals surface area contributed by atoms with Crippen molar-refractivity contribution in [1.82, 2.24) is 19.9 Å². The molecule has 0 saturated carbocycles. The van der Waals surface area contributed by atoms with E-state index in [-0.39, 0.29) is 17.8 Å². The summed E-state index contributed by atoms with van der Waals surface area (Å²) in [5, 5.41) is 11.8. The molecule has 36 heavy (non-hydrogen) atoms. The Balaban J connectivity index is 2.11. The number of nitrogens with two attached hydrogens (primary N) is 1. The maximum Gasteiger partial charge on any atom is 0.271 e. The number of rotatable bonds is 9. The fourth-order valence-electron chi connectivity index (χ4n) is 4.05. The highest BCUT2D eigenvalue weighted by Gasteiger charge is 2.23. The summed E-state index contributed by atoms with van der Waals surface area (Å²) in [6.45, 7) is 10.5. The maximum absolute atomic E-state index is 12.3. The predicted molar refractivity (Wildman–Crippen MR) is 144 cm³/mol. The molecule has 2 aromatic heterocycles. The number of nitrogens with one attached hydrogen (secondary N) is 2.